The van der Waals surface area contributed by atoms with Crippen LogP contribution in [0.4, 0.5) is 0 Å². The van der Waals surface area contributed by atoms with Crippen LogP contribution in [-0.2, 0) is 18.5 Å². The molecule has 0 aliphatic carbocycles. The van der Waals surface area contributed by atoms with Crippen LogP contribution >= 0.6 is 15.9 Å². The fourth-order valence-corrected chi connectivity index (χ4v) is 3.47. The number of aromatic nitrogens is 2. The summed E-state index contributed by atoms with van der Waals surface area (Å²) in [6.45, 7) is 7.98. The van der Waals surface area contributed by atoms with Gasteiger partial charge in [0.25, 0.3) is 0 Å². The van der Waals surface area contributed by atoms with Crippen molar-refractivity contribution in [1.82, 2.24) is 9.13 Å². The van der Waals surface area contributed by atoms with Crippen LogP contribution in [0.1, 0.15) is 0 Å². The van der Waals surface area contributed by atoms with Crippen LogP contribution in [0.15, 0.2) is 27.5 Å². The molecule has 0 spiro atoms. The van der Waals surface area contributed by atoms with E-state index in [1.54, 1.807) is 16.2 Å². The summed E-state index contributed by atoms with van der Waals surface area (Å²) in [7, 11) is 0.694. The summed E-state index contributed by atoms with van der Waals surface area (Å²) >= 11 is 3.49. The van der Waals surface area contributed by atoms with Gasteiger partial charge in [-0.15, -0.1) is 0 Å². The zero-order valence-corrected chi connectivity index (χ0v) is 15.0. The van der Waals surface area contributed by atoms with Crippen molar-refractivity contribution >= 4 is 35.0 Å². The van der Waals surface area contributed by atoms with Crippen LogP contribution in [-0.4, -0.2) is 23.8 Å². The smallest absolute Gasteiger partial charge is 0.330 e. The molecular weight excluding hydrogens is 336 g/mol. The van der Waals surface area contributed by atoms with Crippen molar-refractivity contribution in [2.45, 2.75) is 32.4 Å². The molecule has 110 valence electrons. The molecule has 0 amide bonds. The SMILES string of the molecule is Cn1c(=O)n(COCC[Si](C)(C)C)c2cccc(Br)c21. The van der Waals surface area contributed by atoms with Crippen LogP contribution in [0, 0.1) is 0 Å². The van der Waals surface area contributed by atoms with Crippen molar-refractivity contribution in [2.75, 3.05) is 6.61 Å². The summed E-state index contributed by atoms with van der Waals surface area (Å²) in [5.74, 6) is 0. The van der Waals surface area contributed by atoms with E-state index in [4.69, 9.17) is 4.74 Å². The molecule has 0 fully saturated rings. The van der Waals surface area contributed by atoms with E-state index in [1.807, 2.05) is 18.2 Å². The van der Waals surface area contributed by atoms with Gasteiger partial charge in [0.1, 0.15) is 6.73 Å². The second-order valence-corrected chi connectivity index (χ2v) is 12.7. The molecule has 0 saturated carbocycles. The molecule has 0 bridgehead atoms. The number of fused-ring (bicyclic) bond motifs is 1. The molecule has 0 unspecified atom stereocenters. The number of benzene rings is 1. The number of nitrogens with zero attached hydrogens (tertiary/aromatic N) is 2. The number of aryl methyl sites for hydroxylation is 1. The molecule has 0 aliphatic heterocycles. The van der Waals surface area contributed by atoms with Crippen LogP contribution in [0.2, 0.25) is 25.7 Å². The van der Waals surface area contributed by atoms with Gasteiger partial charge in [-0.05, 0) is 34.1 Å². The minimum absolute atomic E-state index is 0.0418. The highest BCUT2D eigenvalue weighted by atomic mass is 79.9. The Bertz CT molecular complexity index is 670. The Morgan fingerprint density at radius 1 is 1.30 bits per heavy atom. The molecule has 1 heterocycles. The minimum Gasteiger partial charge on any atom is -0.361 e. The topological polar surface area (TPSA) is 36.2 Å². The maximum atomic E-state index is 12.3. The molecule has 2 aromatic rings. The summed E-state index contributed by atoms with van der Waals surface area (Å²) in [6.07, 6.45) is 0. The first-order valence-corrected chi connectivity index (χ1v) is 11.2. The Morgan fingerprint density at radius 2 is 2.00 bits per heavy atom. The monoisotopic (exact) mass is 356 g/mol. The molecule has 1 aromatic carbocycles. The Hall–Kier alpha value is -0.853. The zero-order valence-electron chi connectivity index (χ0n) is 12.4. The third kappa shape index (κ3) is 3.24. The van der Waals surface area contributed by atoms with Crippen molar-refractivity contribution < 1.29 is 4.74 Å². The Labute approximate surface area is 128 Å². The fourth-order valence-electron chi connectivity index (χ4n) is 2.09. The molecule has 20 heavy (non-hydrogen) atoms. The van der Waals surface area contributed by atoms with E-state index in [9.17, 15) is 4.79 Å². The first kappa shape index (κ1) is 15.5. The number of rotatable bonds is 5. The lowest BCUT2D eigenvalue weighted by molar-refractivity contribution is 0.0873. The van der Waals surface area contributed by atoms with Gasteiger partial charge in [-0.2, -0.15) is 0 Å². The average molecular weight is 357 g/mol. The van der Waals surface area contributed by atoms with Crippen LogP contribution in [0.25, 0.3) is 11.0 Å². The minimum atomic E-state index is -1.09. The standard InChI is InChI=1S/C14H21BrN2O2Si/c1-16-13-11(15)6-5-7-12(13)17(14(16)18)10-19-8-9-20(2,3)4/h5-7H,8-10H2,1-4H3. The Balaban J connectivity index is 2.21. The van der Waals surface area contributed by atoms with Gasteiger partial charge in [-0.1, -0.05) is 25.7 Å². The normalized spacial score (nSPS) is 12.2. The van der Waals surface area contributed by atoms with E-state index in [-0.39, 0.29) is 5.69 Å². The lowest BCUT2D eigenvalue weighted by Crippen LogP contribution is -2.25. The molecule has 1 aromatic heterocycles. The number of hydrogen-bond donors (Lipinski definition) is 0. The van der Waals surface area contributed by atoms with Crippen molar-refractivity contribution in [3.63, 3.8) is 0 Å². The second kappa shape index (κ2) is 5.87. The maximum Gasteiger partial charge on any atom is 0.330 e. The molecule has 6 heteroatoms. The quantitative estimate of drug-likeness (QED) is 0.607. The molecule has 4 nitrogen and oxygen atoms in total. The summed E-state index contributed by atoms with van der Waals surface area (Å²) in [5.41, 5.74) is 1.77. The fraction of sp³-hybridized carbons (Fsp3) is 0.500. The Morgan fingerprint density at radius 3 is 2.65 bits per heavy atom. The van der Waals surface area contributed by atoms with Gasteiger partial charge < -0.3 is 4.74 Å². The average Bonchev–Trinajstić information content (AvgIpc) is 2.59. The molecule has 0 radical (unpaired) electrons. The molecule has 0 N–H and O–H groups in total. The predicted octanol–water partition coefficient (Wildman–Crippen LogP) is 3.41. The number of para-hydroxylation sites is 1. The molecule has 0 aliphatic rings. The van der Waals surface area contributed by atoms with Crippen LogP contribution in [0.3, 0.4) is 0 Å². The number of imidazole rings is 1. The van der Waals surface area contributed by atoms with Gasteiger partial charge in [0.15, 0.2) is 0 Å². The van der Waals surface area contributed by atoms with E-state index < -0.39 is 8.07 Å². The molecule has 0 atom stereocenters. The Kier molecular flexibility index (Phi) is 4.56. The van der Waals surface area contributed by atoms with E-state index in [0.29, 0.717) is 13.3 Å². The largest absolute Gasteiger partial charge is 0.361 e. The van der Waals surface area contributed by atoms with Crippen molar-refractivity contribution in [3.8, 4) is 0 Å². The van der Waals surface area contributed by atoms with Gasteiger partial charge in [-0.25, -0.2) is 4.79 Å². The van der Waals surface area contributed by atoms with Gasteiger partial charge in [-0.3, -0.25) is 9.13 Å². The number of ether oxygens (including phenoxy) is 1. The van der Waals surface area contributed by atoms with Crippen LogP contribution in [0.5, 0.6) is 0 Å². The lowest BCUT2D eigenvalue weighted by Gasteiger charge is -2.15. The van der Waals surface area contributed by atoms with Crippen LogP contribution < -0.4 is 5.69 Å². The maximum absolute atomic E-state index is 12.3. The molecule has 0 saturated heterocycles. The zero-order chi connectivity index (χ0) is 14.9. The number of hydrogen-bond acceptors (Lipinski definition) is 2. The third-order valence-corrected chi connectivity index (χ3v) is 5.67. The van der Waals surface area contributed by atoms with Crippen molar-refractivity contribution in [2.24, 2.45) is 7.05 Å². The number of halogens is 1. The highest BCUT2D eigenvalue weighted by Crippen LogP contribution is 2.22. The van der Waals surface area contributed by atoms with Gasteiger partial charge in [0.2, 0.25) is 0 Å². The first-order valence-electron chi connectivity index (χ1n) is 6.73. The van der Waals surface area contributed by atoms with E-state index in [0.717, 1.165) is 21.6 Å². The summed E-state index contributed by atoms with van der Waals surface area (Å²) in [6, 6.07) is 6.93. The van der Waals surface area contributed by atoms with Gasteiger partial charge in [0.05, 0.1) is 11.0 Å². The van der Waals surface area contributed by atoms with E-state index in [2.05, 4.69) is 35.6 Å². The lowest BCUT2D eigenvalue weighted by atomic mass is 10.3. The summed E-state index contributed by atoms with van der Waals surface area (Å²) in [5, 5.41) is 0. The second-order valence-electron chi connectivity index (χ2n) is 6.23. The van der Waals surface area contributed by atoms with Gasteiger partial charge >= 0.3 is 5.69 Å². The van der Waals surface area contributed by atoms with Crippen molar-refractivity contribution in [3.05, 3.63) is 33.2 Å². The summed E-state index contributed by atoms with van der Waals surface area (Å²) in [4.78, 5) is 12.3. The molecular formula is C14H21BrN2O2Si. The van der Waals surface area contributed by atoms with Crippen molar-refractivity contribution in [1.29, 1.82) is 0 Å². The first-order chi connectivity index (χ1) is 9.31. The highest BCUT2D eigenvalue weighted by molar-refractivity contribution is 9.10. The summed E-state index contributed by atoms with van der Waals surface area (Å²) < 4.78 is 9.97. The van der Waals surface area contributed by atoms with Gasteiger partial charge in [0, 0.05) is 26.2 Å². The van der Waals surface area contributed by atoms with E-state index >= 15 is 0 Å². The molecule has 2 rings (SSSR count). The highest BCUT2D eigenvalue weighted by Gasteiger charge is 2.14. The predicted molar refractivity (Wildman–Crippen MR) is 89.0 cm³/mol. The third-order valence-electron chi connectivity index (χ3n) is 3.33. The van der Waals surface area contributed by atoms with E-state index in [1.165, 1.54) is 0 Å².